The van der Waals surface area contributed by atoms with Crippen molar-refractivity contribution in [3.8, 4) is 17.2 Å². The van der Waals surface area contributed by atoms with E-state index in [1.165, 1.54) is 0 Å². The van der Waals surface area contributed by atoms with Crippen LogP contribution in [0.1, 0.15) is 18.7 Å². The first kappa shape index (κ1) is 19.6. The normalized spacial score (nSPS) is 13.3. The van der Waals surface area contributed by atoms with E-state index in [9.17, 15) is 4.79 Å². The van der Waals surface area contributed by atoms with Crippen LogP contribution in [0.25, 0.3) is 22.2 Å². The van der Waals surface area contributed by atoms with Crippen molar-refractivity contribution in [2.24, 2.45) is 0 Å². The lowest BCUT2D eigenvalue weighted by atomic mass is 10.1. The van der Waals surface area contributed by atoms with E-state index in [4.69, 9.17) is 20.8 Å². The largest absolute Gasteiger partial charge is 0.484 e. The summed E-state index contributed by atoms with van der Waals surface area (Å²) in [4.78, 5) is 14.6. The highest BCUT2D eigenvalue weighted by atomic mass is 35.5. The summed E-state index contributed by atoms with van der Waals surface area (Å²) < 4.78 is 11.6. The van der Waals surface area contributed by atoms with Crippen molar-refractivity contribution in [3.05, 3.63) is 77.6 Å². The molecule has 0 radical (unpaired) electrons. The van der Waals surface area contributed by atoms with Crippen molar-refractivity contribution in [1.82, 2.24) is 15.1 Å². The maximum Gasteiger partial charge on any atom is 0.261 e. The van der Waals surface area contributed by atoms with Crippen LogP contribution < -0.4 is 4.74 Å². The van der Waals surface area contributed by atoms with Gasteiger partial charge in [0.15, 0.2) is 6.61 Å². The smallest absolute Gasteiger partial charge is 0.261 e. The van der Waals surface area contributed by atoms with E-state index in [1.807, 2.05) is 54.6 Å². The summed E-state index contributed by atoms with van der Waals surface area (Å²) in [6.45, 7) is 0.234. The number of rotatable bonds is 7. The zero-order valence-corrected chi connectivity index (χ0v) is 17.5. The summed E-state index contributed by atoms with van der Waals surface area (Å²) in [6.07, 6.45) is 1.94. The van der Waals surface area contributed by atoms with Crippen LogP contribution >= 0.6 is 11.6 Å². The van der Waals surface area contributed by atoms with Crippen LogP contribution in [-0.4, -0.2) is 33.7 Å². The van der Waals surface area contributed by atoms with Crippen LogP contribution in [-0.2, 0) is 11.3 Å². The molecule has 0 N–H and O–H groups in total. The molecule has 1 heterocycles. The number of ether oxygens (including phenoxy) is 1. The second-order valence-corrected chi connectivity index (χ2v) is 7.99. The van der Waals surface area contributed by atoms with Crippen LogP contribution in [0.15, 0.2) is 71.1 Å². The Labute approximate surface area is 184 Å². The average molecular weight is 434 g/mol. The Balaban J connectivity index is 1.25. The fourth-order valence-electron chi connectivity index (χ4n) is 3.46. The minimum Gasteiger partial charge on any atom is -0.484 e. The lowest BCUT2D eigenvalue weighted by Gasteiger charge is -2.20. The molecule has 0 spiro atoms. The molecule has 7 heteroatoms. The third kappa shape index (κ3) is 4.54. The summed E-state index contributed by atoms with van der Waals surface area (Å²) >= 11 is 5.93. The molecule has 0 atom stereocenters. The third-order valence-corrected chi connectivity index (χ3v) is 5.51. The van der Waals surface area contributed by atoms with Crippen LogP contribution in [0, 0.1) is 0 Å². The fourth-order valence-corrected chi connectivity index (χ4v) is 3.59. The molecule has 0 unspecified atom stereocenters. The van der Waals surface area contributed by atoms with Crippen LogP contribution in [0.4, 0.5) is 0 Å². The summed E-state index contributed by atoms with van der Waals surface area (Å²) in [7, 11) is 0. The highest BCUT2D eigenvalue weighted by molar-refractivity contribution is 6.30. The van der Waals surface area contributed by atoms with Gasteiger partial charge in [-0.15, -0.1) is 10.2 Å². The van der Waals surface area contributed by atoms with Gasteiger partial charge in [0.2, 0.25) is 11.8 Å². The third-order valence-electron chi connectivity index (χ3n) is 5.25. The van der Waals surface area contributed by atoms with Crippen molar-refractivity contribution in [1.29, 1.82) is 0 Å². The van der Waals surface area contributed by atoms with E-state index in [2.05, 4.69) is 10.2 Å². The van der Waals surface area contributed by atoms with Gasteiger partial charge in [0.05, 0.1) is 6.54 Å². The van der Waals surface area contributed by atoms with Gasteiger partial charge in [-0.1, -0.05) is 41.9 Å². The summed E-state index contributed by atoms with van der Waals surface area (Å²) in [5.74, 6) is 1.38. The number of halogens is 1. The molecule has 1 saturated carbocycles. The molecule has 5 rings (SSSR count). The Kier molecular flexibility index (Phi) is 5.30. The highest BCUT2D eigenvalue weighted by Crippen LogP contribution is 2.29. The van der Waals surface area contributed by atoms with E-state index in [1.54, 1.807) is 17.0 Å². The minimum absolute atomic E-state index is 0.0347. The van der Waals surface area contributed by atoms with E-state index in [0.29, 0.717) is 22.6 Å². The first-order chi connectivity index (χ1) is 15.2. The van der Waals surface area contributed by atoms with Crippen molar-refractivity contribution in [2.45, 2.75) is 25.4 Å². The fraction of sp³-hybridized carbons (Fsp3) is 0.208. The summed E-state index contributed by atoms with van der Waals surface area (Å²) in [6, 6.07) is 21.2. The first-order valence-electron chi connectivity index (χ1n) is 10.1. The van der Waals surface area contributed by atoms with Gasteiger partial charge in [-0.2, -0.15) is 0 Å². The first-order valence-corrected chi connectivity index (χ1v) is 10.5. The zero-order chi connectivity index (χ0) is 21.2. The van der Waals surface area contributed by atoms with Gasteiger partial charge < -0.3 is 14.1 Å². The molecular formula is C24H20ClN3O3. The number of hydrogen-bond acceptors (Lipinski definition) is 5. The number of carbonyl (C=O) groups excluding carboxylic acids is 1. The number of amides is 1. The SMILES string of the molecule is O=C(COc1ccc2ccccc2c1)N(Cc1nnc(-c2ccc(Cl)cc2)o1)C1CC1. The number of carbonyl (C=O) groups is 1. The van der Waals surface area contributed by atoms with Crippen LogP contribution in [0.5, 0.6) is 5.75 Å². The Hall–Kier alpha value is -3.38. The molecule has 156 valence electrons. The van der Waals surface area contributed by atoms with Gasteiger partial charge in [-0.25, -0.2) is 0 Å². The van der Waals surface area contributed by atoms with Gasteiger partial charge in [-0.3, -0.25) is 4.79 Å². The Morgan fingerprint density at radius 3 is 2.58 bits per heavy atom. The lowest BCUT2D eigenvalue weighted by molar-refractivity contribution is -0.134. The van der Waals surface area contributed by atoms with E-state index in [-0.39, 0.29) is 25.1 Å². The Morgan fingerprint density at radius 2 is 1.81 bits per heavy atom. The molecule has 1 aliphatic carbocycles. The van der Waals surface area contributed by atoms with Gasteiger partial charge in [0.1, 0.15) is 5.75 Å². The maximum atomic E-state index is 12.9. The van der Waals surface area contributed by atoms with Gasteiger partial charge in [0, 0.05) is 16.6 Å². The molecule has 1 aromatic heterocycles. The summed E-state index contributed by atoms with van der Waals surface area (Å²) in [5, 5.41) is 11.1. The average Bonchev–Trinajstić information content (AvgIpc) is 3.53. The number of benzene rings is 3. The van der Waals surface area contributed by atoms with E-state index >= 15 is 0 Å². The second kappa shape index (κ2) is 8.40. The summed E-state index contributed by atoms with van der Waals surface area (Å²) in [5.41, 5.74) is 0.784. The number of hydrogen-bond donors (Lipinski definition) is 0. The lowest BCUT2D eigenvalue weighted by Crippen LogP contribution is -2.36. The van der Waals surface area contributed by atoms with Gasteiger partial charge >= 0.3 is 0 Å². The van der Waals surface area contributed by atoms with E-state index < -0.39 is 0 Å². The number of aromatic nitrogens is 2. The molecule has 31 heavy (non-hydrogen) atoms. The van der Waals surface area contributed by atoms with Crippen molar-refractivity contribution in [3.63, 3.8) is 0 Å². The molecule has 0 saturated heterocycles. The molecule has 4 aromatic rings. The maximum absolute atomic E-state index is 12.9. The quantitative estimate of drug-likeness (QED) is 0.405. The monoisotopic (exact) mass is 433 g/mol. The predicted octanol–water partition coefficient (Wildman–Crippen LogP) is 5.11. The van der Waals surface area contributed by atoms with Crippen LogP contribution in [0.2, 0.25) is 5.02 Å². The van der Waals surface area contributed by atoms with Crippen molar-refractivity contribution < 1.29 is 13.9 Å². The molecular weight excluding hydrogens is 414 g/mol. The van der Waals surface area contributed by atoms with Gasteiger partial charge in [0.25, 0.3) is 5.91 Å². The molecule has 1 aliphatic rings. The topological polar surface area (TPSA) is 68.5 Å². The van der Waals surface area contributed by atoms with E-state index in [0.717, 1.165) is 29.2 Å². The van der Waals surface area contributed by atoms with Crippen molar-refractivity contribution >= 4 is 28.3 Å². The predicted molar refractivity (Wildman–Crippen MR) is 118 cm³/mol. The minimum atomic E-state index is -0.0955. The Morgan fingerprint density at radius 1 is 1.03 bits per heavy atom. The number of fused-ring (bicyclic) bond motifs is 1. The Bertz CT molecular complexity index is 1220. The number of nitrogens with zero attached hydrogens (tertiary/aromatic N) is 3. The zero-order valence-electron chi connectivity index (χ0n) is 16.7. The van der Waals surface area contributed by atoms with Crippen molar-refractivity contribution in [2.75, 3.05) is 6.61 Å². The molecule has 6 nitrogen and oxygen atoms in total. The van der Waals surface area contributed by atoms with Crippen LogP contribution in [0.3, 0.4) is 0 Å². The molecule has 1 amide bonds. The highest BCUT2D eigenvalue weighted by Gasteiger charge is 2.34. The molecule has 0 bridgehead atoms. The standard InChI is InChI=1S/C24H20ClN3O3/c25-19-8-5-17(6-9-19)24-27-26-22(31-24)14-28(20-10-11-20)23(29)15-30-21-12-7-16-3-1-2-4-18(16)13-21/h1-9,12-13,20H,10-11,14-15H2. The molecule has 1 fully saturated rings. The second-order valence-electron chi connectivity index (χ2n) is 7.56. The molecule has 3 aromatic carbocycles. The molecule has 0 aliphatic heterocycles. The van der Waals surface area contributed by atoms with Gasteiger partial charge in [-0.05, 0) is 60.0 Å².